The van der Waals surface area contributed by atoms with Gasteiger partial charge in [-0.3, -0.25) is 4.98 Å². The largest absolute Gasteiger partial charge is 0.489 e. The zero-order valence-corrected chi connectivity index (χ0v) is 14.8. The quantitative estimate of drug-likeness (QED) is 0.564. The van der Waals surface area contributed by atoms with Crippen molar-refractivity contribution in [1.29, 1.82) is 0 Å². The molecule has 1 atom stereocenters. The van der Waals surface area contributed by atoms with E-state index in [2.05, 4.69) is 15.3 Å². The molecule has 7 nitrogen and oxygen atoms in total. The monoisotopic (exact) mass is 362 g/mol. The Hall–Kier alpha value is -3.19. The van der Waals surface area contributed by atoms with Crippen molar-refractivity contribution < 1.29 is 9.15 Å². The van der Waals surface area contributed by atoms with Gasteiger partial charge < -0.3 is 18.9 Å². The molecule has 1 aliphatic heterocycles. The summed E-state index contributed by atoms with van der Waals surface area (Å²) in [6, 6.07) is 7.40. The standard InChI is InChI=1S/C20H18N4O3/c1-12-19-23-17(11-24(19)7-6-22-12)16-8-13-2-3-14(9-18(13)27-20(16)25)26-15-4-5-21-10-15/h2-3,6-9,11,15,21H,4-5,10H2,1H3/t15-/m1/s1. The number of fused-ring (bicyclic) bond motifs is 2. The summed E-state index contributed by atoms with van der Waals surface area (Å²) in [4.78, 5) is 21.3. The topological polar surface area (TPSA) is 81.7 Å². The van der Waals surface area contributed by atoms with Gasteiger partial charge in [-0.25, -0.2) is 9.78 Å². The van der Waals surface area contributed by atoms with Crippen LogP contribution in [0.25, 0.3) is 27.9 Å². The molecule has 7 heteroatoms. The van der Waals surface area contributed by atoms with Crippen LogP contribution in [0.5, 0.6) is 5.75 Å². The zero-order chi connectivity index (χ0) is 18.4. The number of hydrogen-bond donors (Lipinski definition) is 1. The molecule has 0 amide bonds. The number of hydrogen-bond acceptors (Lipinski definition) is 6. The maximum absolute atomic E-state index is 12.6. The van der Waals surface area contributed by atoms with Crippen molar-refractivity contribution >= 4 is 16.6 Å². The summed E-state index contributed by atoms with van der Waals surface area (Å²) in [5.41, 5.74) is 2.61. The first-order valence-electron chi connectivity index (χ1n) is 8.93. The van der Waals surface area contributed by atoms with Crippen molar-refractivity contribution in [2.45, 2.75) is 19.4 Å². The van der Waals surface area contributed by atoms with Gasteiger partial charge in [0.05, 0.1) is 17.0 Å². The number of nitrogens with one attached hydrogen (secondary N) is 1. The van der Waals surface area contributed by atoms with E-state index in [1.807, 2.05) is 41.9 Å². The van der Waals surface area contributed by atoms with Gasteiger partial charge in [-0.15, -0.1) is 0 Å². The highest BCUT2D eigenvalue weighted by Crippen LogP contribution is 2.25. The summed E-state index contributed by atoms with van der Waals surface area (Å²) in [6.07, 6.45) is 6.46. The Bertz CT molecular complexity index is 1210. The van der Waals surface area contributed by atoms with Gasteiger partial charge in [0.1, 0.15) is 17.4 Å². The van der Waals surface area contributed by atoms with E-state index in [4.69, 9.17) is 9.15 Å². The van der Waals surface area contributed by atoms with Crippen molar-refractivity contribution in [3.63, 3.8) is 0 Å². The summed E-state index contributed by atoms with van der Waals surface area (Å²) in [5.74, 6) is 0.710. The lowest BCUT2D eigenvalue weighted by atomic mass is 10.1. The zero-order valence-electron chi connectivity index (χ0n) is 14.8. The molecule has 0 aliphatic carbocycles. The maximum atomic E-state index is 12.6. The minimum absolute atomic E-state index is 0.156. The van der Waals surface area contributed by atoms with Crippen molar-refractivity contribution in [3.05, 3.63) is 59.0 Å². The average molecular weight is 362 g/mol. The molecule has 0 unspecified atom stereocenters. The molecule has 1 saturated heterocycles. The number of aryl methyl sites for hydroxylation is 1. The molecule has 0 spiro atoms. The molecule has 3 aromatic heterocycles. The molecule has 27 heavy (non-hydrogen) atoms. The Kier molecular flexibility index (Phi) is 3.68. The number of benzene rings is 1. The molecular formula is C20H18N4O3. The van der Waals surface area contributed by atoms with Crippen LogP contribution < -0.4 is 15.7 Å². The van der Waals surface area contributed by atoms with Gasteiger partial charge in [-0.1, -0.05) is 0 Å². The molecule has 1 N–H and O–H groups in total. The third-order valence-electron chi connectivity index (χ3n) is 4.85. The van der Waals surface area contributed by atoms with Gasteiger partial charge in [0.2, 0.25) is 0 Å². The minimum atomic E-state index is -0.420. The molecule has 136 valence electrons. The van der Waals surface area contributed by atoms with Crippen molar-refractivity contribution in [3.8, 4) is 17.0 Å². The first-order valence-corrected chi connectivity index (χ1v) is 8.93. The van der Waals surface area contributed by atoms with Crippen LogP contribution in [0.15, 0.2) is 52.1 Å². The first kappa shape index (κ1) is 16.0. The van der Waals surface area contributed by atoms with Gasteiger partial charge in [0.15, 0.2) is 5.65 Å². The summed E-state index contributed by atoms with van der Waals surface area (Å²) in [6.45, 7) is 3.68. The second-order valence-electron chi connectivity index (χ2n) is 6.75. The van der Waals surface area contributed by atoms with Crippen molar-refractivity contribution in [1.82, 2.24) is 19.7 Å². The van der Waals surface area contributed by atoms with Crippen LogP contribution in [0.3, 0.4) is 0 Å². The number of imidazole rings is 1. The molecule has 1 aliphatic rings. The lowest BCUT2D eigenvalue weighted by molar-refractivity contribution is 0.223. The van der Waals surface area contributed by atoms with E-state index in [-0.39, 0.29) is 6.10 Å². The molecule has 4 heterocycles. The molecule has 1 aromatic carbocycles. The van der Waals surface area contributed by atoms with Crippen LogP contribution in [0.1, 0.15) is 12.1 Å². The Morgan fingerprint density at radius 2 is 2.26 bits per heavy atom. The van der Waals surface area contributed by atoms with Gasteiger partial charge in [-0.05, 0) is 38.1 Å². The van der Waals surface area contributed by atoms with Crippen molar-refractivity contribution in [2.24, 2.45) is 0 Å². The predicted octanol–water partition coefficient (Wildman–Crippen LogP) is 2.55. The summed E-state index contributed by atoms with van der Waals surface area (Å²) >= 11 is 0. The highest BCUT2D eigenvalue weighted by atomic mass is 16.5. The Balaban J connectivity index is 1.55. The van der Waals surface area contributed by atoms with Crippen LogP contribution in [-0.2, 0) is 0 Å². The second-order valence-corrected chi connectivity index (χ2v) is 6.75. The van der Waals surface area contributed by atoms with Gasteiger partial charge in [0.25, 0.3) is 0 Å². The number of nitrogens with zero attached hydrogens (tertiary/aromatic N) is 3. The predicted molar refractivity (Wildman–Crippen MR) is 101 cm³/mol. The summed E-state index contributed by atoms with van der Waals surface area (Å²) in [5, 5.41) is 4.09. The fourth-order valence-corrected chi connectivity index (χ4v) is 3.44. The van der Waals surface area contributed by atoms with Crippen LogP contribution in [-0.4, -0.2) is 33.6 Å². The van der Waals surface area contributed by atoms with Crippen LogP contribution in [0, 0.1) is 6.92 Å². The second kappa shape index (κ2) is 6.21. The Labute approximate surface area is 154 Å². The fraction of sp³-hybridized carbons (Fsp3) is 0.250. The molecule has 4 aromatic rings. The normalized spacial score (nSPS) is 17.0. The van der Waals surface area contributed by atoms with Gasteiger partial charge in [0, 0.05) is 36.6 Å². The fourth-order valence-electron chi connectivity index (χ4n) is 3.44. The SMILES string of the molecule is Cc1nccn2cc(-c3cc4ccc(O[C@@H]5CCNC5)cc4oc3=O)nc12. The summed E-state index contributed by atoms with van der Waals surface area (Å²) in [7, 11) is 0. The van der Waals surface area contributed by atoms with E-state index in [9.17, 15) is 4.79 Å². The molecule has 0 bridgehead atoms. The minimum Gasteiger partial charge on any atom is -0.489 e. The van der Waals surface area contributed by atoms with E-state index in [0.29, 0.717) is 22.6 Å². The third-order valence-corrected chi connectivity index (χ3v) is 4.85. The number of ether oxygens (including phenoxy) is 1. The van der Waals surface area contributed by atoms with Gasteiger partial charge >= 0.3 is 5.63 Å². The highest BCUT2D eigenvalue weighted by Gasteiger charge is 2.17. The third kappa shape index (κ3) is 2.86. The van der Waals surface area contributed by atoms with Crippen LogP contribution >= 0.6 is 0 Å². The van der Waals surface area contributed by atoms with E-state index < -0.39 is 5.63 Å². The smallest absolute Gasteiger partial charge is 0.345 e. The molecule has 0 radical (unpaired) electrons. The molecular weight excluding hydrogens is 344 g/mol. The number of rotatable bonds is 3. The van der Waals surface area contributed by atoms with E-state index >= 15 is 0 Å². The van der Waals surface area contributed by atoms with Crippen molar-refractivity contribution in [2.75, 3.05) is 13.1 Å². The van der Waals surface area contributed by atoms with E-state index in [0.717, 1.165) is 36.2 Å². The Morgan fingerprint density at radius 1 is 1.33 bits per heavy atom. The molecule has 5 rings (SSSR count). The van der Waals surface area contributed by atoms with Crippen LogP contribution in [0.2, 0.25) is 0 Å². The lowest BCUT2D eigenvalue weighted by Crippen LogP contribution is -2.19. The number of aromatic nitrogens is 3. The Morgan fingerprint density at radius 3 is 3.07 bits per heavy atom. The molecule has 1 fully saturated rings. The average Bonchev–Trinajstić information content (AvgIpc) is 3.31. The first-order chi connectivity index (χ1) is 13.2. The van der Waals surface area contributed by atoms with E-state index in [1.165, 1.54) is 0 Å². The lowest BCUT2D eigenvalue weighted by Gasteiger charge is -2.12. The van der Waals surface area contributed by atoms with E-state index in [1.54, 1.807) is 12.3 Å². The maximum Gasteiger partial charge on any atom is 0.345 e. The van der Waals surface area contributed by atoms with Gasteiger partial charge in [-0.2, -0.15) is 0 Å². The highest BCUT2D eigenvalue weighted by molar-refractivity contribution is 5.82. The molecule has 0 saturated carbocycles. The van der Waals surface area contributed by atoms with Crippen LogP contribution in [0.4, 0.5) is 0 Å². The summed E-state index contributed by atoms with van der Waals surface area (Å²) < 4.78 is 13.4.